The molecular weight excluding hydrogens is 192 g/mol. The molecule has 1 atom stereocenters. The van der Waals surface area contributed by atoms with Crippen LogP contribution in [0.4, 0.5) is 5.82 Å². The van der Waals surface area contributed by atoms with Crippen LogP contribution in [-0.4, -0.2) is 30.8 Å². The Labute approximate surface area is 89.6 Å². The molecule has 82 valence electrons. The molecule has 1 aliphatic heterocycles. The van der Waals surface area contributed by atoms with E-state index in [4.69, 9.17) is 9.47 Å². The summed E-state index contributed by atoms with van der Waals surface area (Å²) in [6.45, 7) is 4.20. The van der Waals surface area contributed by atoms with E-state index in [2.05, 4.69) is 10.3 Å². The van der Waals surface area contributed by atoms with Crippen LogP contribution in [0.5, 0.6) is 5.75 Å². The Balaban J connectivity index is 2.05. The van der Waals surface area contributed by atoms with Crippen molar-refractivity contribution >= 4 is 5.82 Å². The van der Waals surface area contributed by atoms with Gasteiger partial charge in [0.25, 0.3) is 0 Å². The molecule has 0 amide bonds. The van der Waals surface area contributed by atoms with Crippen molar-refractivity contribution in [2.75, 3.05) is 25.1 Å². The van der Waals surface area contributed by atoms with Crippen molar-refractivity contribution in [3.05, 3.63) is 18.3 Å². The first kappa shape index (κ1) is 10.2. The van der Waals surface area contributed by atoms with E-state index in [0.717, 1.165) is 31.2 Å². The van der Waals surface area contributed by atoms with Crippen molar-refractivity contribution in [3.63, 3.8) is 0 Å². The summed E-state index contributed by atoms with van der Waals surface area (Å²) >= 11 is 0. The maximum absolute atomic E-state index is 5.48. The van der Waals surface area contributed by atoms with E-state index in [-0.39, 0.29) is 0 Å². The Morgan fingerprint density at radius 3 is 3.33 bits per heavy atom. The number of hydrogen-bond donors (Lipinski definition) is 1. The summed E-state index contributed by atoms with van der Waals surface area (Å²) in [5.41, 5.74) is 0. The van der Waals surface area contributed by atoms with Crippen LogP contribution in [0.25, 0.3) is 0 Å². The standard InChI is InChI=1S/C11H16N2O2/c1-2-15-10-4-3-6-12-11(10)13-9-5-7-14-8-9/h3-4,6,9H,2,5,7-8H2,1H3,(H,12,13). The molecule has 1 saturated heterocycles. The molecule has 1 aromatic rings. The summed E-state index contributed by atoms with van der Waals surface area (Å²) in [6.07, 6.45) is 2.79. The number of ether oxygens (including phenoxy) is 2. The maximum atomic E-state index is 5.48. The third-order valence-electron chi connectivity index (χ3n) is 2.34. The molecule has 0 aromatic carbocycles. The highest BCUT2D eigenvalue weighted by Crippen LogP contribution is 2.22. The number of nitrogens with zero attached hydrogens (tertiary/aromatic N) is 1. The molecule has 4 nitrogen and oxygen atoms in total. The van der Waals surface area contributed by atoms with Gasteiger partial charge in [0.2, 0.25) is 0 Å². The first-order chi connectivity index (χ1) is 7.40. The van der Waals surface area contributed by atoms with Crippen molar-refractivity contribution in [1.82, 2.24) is 4.98 Å². The number of hydrogen-bond acceptors (Lipinski definition) is 4. The lowest BCUT2D eigenvalue weighted by Crippen LogP contribution is -2.20. The first-order valence-electron chi connectivity index (χ1n) is 5.32. The average molecular weight is 208 g/mol. The molecule has 1 aromatic heterocycles. The maximum Gasteiger partial charge on any atom is 0.169 e. The SMILES string of the molecule is CCOc1cccnc1NC1CCOC1. The minimum atomic E-state index is 0.360. The zero-order chi connectivity index (χ0) is 10.5. The second kappa shape index (κ2) is 4.98. The lowest BCUT2D eigenvalue weighted by molar-refractivity contribution is 0.195. The smallest absolute Gasteiger partial charge is 0.169 e. The summed E-state index contributed by atoms with van der Waals surface area (Å²) in [6, 6.07) is 4.16. The summed E-state index contributed by atoms with van der Waals surface area (Å²) in [5, 5.41) is 3.33. The molecule has 15 heavy (non-hydrogen) atoms. The molecule has 1 unspecified atom stereocenters. The molecule has 0 aliphatic carbocycles. The number of pyridine rings is 1. The fourth-order valence-corrected chi connectivity index (χ4v) is 1.61. The van der Waals surface area contributed by atoms with Gasteiger partial charge in [0.05, 0.1) is 19.3 Å². The van der Waals surface area contributed by atoms with Gasteiger partial charge in [-0.1, -0.05) is 0 Å². The number of rotatable bonds is 4. The van der Waals surface area contributed by atoms with Crippen LogP contribution in [0.3, 0.4) is 0 Å². The number of nitrogens with one attached hydrogen (secondary N) is 1. The Morgan fingerprint density at radius 1 is 1.67 bits per heavy atom. The summed E-state index contributed by atoms with van der Waals surface area (Å²) in [5.74, 6) is 1.63. The van der Waals surface area contributed by atoms with Crippen LogP contribution in [0.15, 0.2) is 18.3 Å². The lowest BCUT2D eigenvalue weighted by atomic mass is 10.2. The van der Waals surface area contributed by atoms with Crippen LogP contribution in [0.2, 0.25) is 0 Å². The van der Waals surface area contributed by atoms with Crippen LogP contribution in [0, 0.1) is 0 Å². The fraction of sp³-hybridized carbons (Fsp3) is 0.545. The highest BCUT2D eigenvalue weighted by atomic mass is 16.5. The Kier molecular flexibility index (Phi) is 3.40. The van der Waals surface area contributed by atoms with Crippen LogP contribution < -0.4 is 10.1 Å². The van der Waals surface area contributed by atoms with Gasteiger partial charge >= 0.3 is 0 Å². The van der Waals surface area contributed by atoms with Crippen molar-refractivity contribution in [1.29, 1.82) is 0 Å². The fourth-order valence-electron chi connectivity index (χ4n) is 1.61. The lowest BCUT2D eigenvalue weighted by Gasteiger charge is -2.14. The number of anilines is 1. The summed E-state index contributed by atoms with van der Waals surface area (Å²) < 4.78 is 10.8. The molecule has 2 rings (SSSR count). The third-order valence-corrected chi connectivity index (χ3v) is 2.34. The Morgan fingerprint density at radius 2 is 2.60 bits per heavy atom. The highest BCUT2D eigenvalue weighted by Gasteiger charge is 2.17. The molecule has 0 spiro atoms. The average Bonchev–Trinajstić information content (AvgIpc) is 2.74. The minimum absolute atomic E-state index is 0.360. The quantitative estimate of drug-likeness (QED) is 0.817. The van der Waals surface area contributed by atoms with Crippen molar-refractivity contribution in [2.24, 2.45) is 0 Å². The monoisotopic (exact) mass is 208 g/mol. The Bertz CT molecular complexity index is 311. The van der Waals surface area contributed by atoms with Crippen LogP contribution in [0.1, 0.15) is 13.3 Å². The molecule has 2 heterocycles. The normalized spacial score (nSPS) is 20.2. The zero-order valence-corrected chi connectivity index (χ0v) is 8.90. The topological polar surface area (TPSA) is 43.4 Å². The van der Waals surface area contributed by atoms with E-state index in [1.807, 2.05) is 19.1 Å². The molecule has 0 bridgehead atoms. The Hall–Kier alpha value is -1.29. The van der Waals surface area contributed by atoms with Crippen LogP contribution in [-0.2, 0) is 4.74 Å². The van der Waals surface area contributed by atoms with Gasteiger partial charge in [-0.3, -0.25) is 0 Å². The van der Waals surface area contributed by atoms with E-state index in [1.54, 1.807) is 6.20 Å². The van der Waals surface area contributed by atoms with Crippen LogP contribution >= 0.6 is 0 Å². The minimum Gasteiger partial charge on any atom is -0.490 e. The molecule has 0 saturated carbocycles. The predicted molar refractivity (Wildman–Crippen MR) is 58.3 cm³/mol. The van der Waals surface area contributed by atoms with Gasteiger partial charge in [0.15, 0.2) is 11.6 Å². The van der Waals surface area contributed by atoms with Gasteiger partial charge in [0, 0.05) is 12.8 Å². The number of aromatic nitrogens is 1. The first-order valence-corrected chi connectivity index (χ1v) is 5.32. The largest absolute Gasteiger partial charge is 0.490 e. The van der Waals surface area contributed by atoms with E-state index in [9.17, 15) is 0 Å². The van der Waals surface area contributed by atoms with E-state index >= 15 is 0 Å². The summed E-state index contributed by atoms with van der Waals surface area (Å²) in [4.78, 5) is 4.27. The highest BCUT2D eigenvalue weighted by molar-refractivity contribution is 5.50. The third kappa shape index (κ3) is 2.59. The second-order valence-corrected chi connectivity index (χ2v) is 3.49. The van der Waals surface area contributed by atoms with Gasteiger partial charge in [-0.15, -0.1) is 0 Å². The predicted octanol–water partition coefficient (Wildman–Crippen LogP) is 1.68. The molecule has 1 aliphatic rings. The van der Waals surface area contributed by atoms with Gasteiger partial charge < -0.3 is 14.8 Å². The van der Waals surface area contributed by atoms with Crippen molar-refractivity contribution in [2.45, 2.75) is 19.4 Å². The van der Waals surface area contributed by atoms with Gasteiger partial charge in [-0.25, -0.2) is 4.98 Å². The van der Waals surface area contributed by atoms with Crippen molar-refractivity contribution < 1.29 is 9.47 Å². The van der Waals surface area contributed by atoms with Gasteiger partial charge in [-0.2, -0.15) is 0 Å². The van der Waals surface area contributed by atoms with Gasteiger partial charge in [0.1, 0.15) is 0 Å². The van der Waals surface area contributed by atoms with E-state index < -0.39 is 0 Å². The molecular formula is C11H16N2O2. The van der Waals surface area contributed by atoms with Gasteiger partial charge in [-0.05, 0) is 25.5 Å². The molecule has 1 N–H and O–H groups in total. The van der Waals surface area contributed by atoms with E-state index in [0.29, 0.717) is 12.6 Å². The zero-order valence-electron chi connectivity index (χ0n) is 8.90. The second-order valence-electron chi connectivity index (χ2n) is 3.49. The van der Waals surface area contributed by atoms with E-state index in [1.165, 1.54) is 0 Å². The van der Waals surface area contributed by atoms with Crippen molar-refractivity contribution in [3.8, 4) is 5.75 Å². The molecule has 4 heteroatoms. The molecule has 0 radical (unpaired) electrons. The molecule has 1 fully saturated rings. The summed E-state index contributed by atoms with van der Waals surface area (Å²) in [7, 11) is 0.